The van der Waals surface area contributed by atoms with Gasteiger partial charge in [0.2, 0.25) is 17.8 Å². The SMILES string of the molecule is CCOc1ccc(CNC(=O)C2CN(c3cc(Cl)nc(-n4ccnc4)n3)CCN2C(=O)COCC(=O)O)cc1. The third kappa shape index (κ3) is 7.42. The van der Waals surface area contributed by atoms with E-state index in [9.17, 15) is 14.4 Å². The number of benzene rings is 1. The molecule has 0 spiro atoms. The summed E-state index contributed by atoms with van der Waals surface area (Å²) in [5.74, 6) is -0.532. The molecule has 1 fully saturated rings. The summed E-state index contributed by atoms with van der Waals surface area (Å²) in [5, 5.41) is 11.9. The highest BCUT2D eigenvalue weighted by Gasteiger charge is 2.36. The van der Waals surface area contributed by atoms with E-state index in [1.165, 1.54) is 4.90 Å². The number of nitrogens with one attached hydrogen (secondary N) is 1. The monoisotopic (exact) mass is 557 g/mol. The number of anilines is 1. The molecule has 0 aliphatic carbocycles. The second kappa shape index (κ2) is 13.0. The van der Waals surface area contributed by atoms with Gasteiger partial charge in [-0.3, -0.25) is 14.2 Å². The zero-order chi connectivity index (χ0) is 27.8. The number of aliphatic carboxylic acids is 1. The van der Waals surface area contributed by atoms with Crippen molar-refractivity contribution in [2.24, 2.45) is 0 Å². The molecule has 39 heavy (non-hydrogen) atoms. The number of carboxylic acids is 1. The van der Waals surface area contributed by atoms with Gasteiger partial charge in [-0.2, -0.15) is 4.98 Å². The lowest BCUT2D eigenvalue weighted by Crippen LogP contribution is -2.61. The normalized spacial score (nSPS) is 15.2. The third-order valence-corrected chi connectivity index (χ3v) is 6.08. The summed E-state index contributed by atoms with van der Waals surface area (Å²) in [7, 11) is 0. The van der Waals surface area contributed by atoms with E-state index in [-0.39, 0.29) is 30.7 Å². The first-order valence-electron chi connectivity index (χ1n) is 12.2. The van der Waals surface area contributed by atoms with Crippen LogP contribution < -0.4 is 15.0 Å². The minimum Gasteiger partial charge on any atom is -0.494 e. The van der Waals surface area contributed by atoms with Gasteiger partial charge in [-0.05, 0) is 24.6 Å². The molecule has 0 radical (unpaired) electrons. The van der Waals surface area contributed by atoms with Gasteiger partial charge in [0.1, 0.15) is 42.3 Å². The summed E-state index contributed by atoms with van der Waals surface area (Å²) in [6, 6.07) is 8.03. The summed E-state index contributed by atoms with van der Waals surface area (Å²) >= 11 is 6.27. The van der Waals surface area contributed by atoms with Crippen molar-refractivity contribution in [2.45, 2.75) is 19.5 Å². The van der Waals surface area contributed by atoms with Gasteiger partial charge in [-0.25, -0.2) is 14.8 Å². The summed E-state index contributed by atoms with van der Waals surface area (Å²) in [6.07, 6.45) is 4.81. The molecule has 1 aromatic carbocycles. The Morgan fingerprint density at radius 3 is 2.64 bits per heavy atom. The fourth-order valence-electron chi connectivity index (χ4n) is 4.05. The van der Waals surface area contributed by atoms with E-state index in [0.29, 0.717) is 24.9 Å². The van der Waals surface area contributed by atoms with Crippen molar-refractivity contribution in [1.29, 1.82) is 0 Å². The number of aromatic nitrogens is 4. The highest BCUT2D eigenvalue weighted by Crippen LogP contribution is 2.22. The Hall–Kier alpha value is -4.23. The molecule has 13 nitrogen and oxygen atoms in total. The van der Waals surface area contributed by atoms with Gasteiger partial charge in [0.25, 0.3) is 0 Å². The van der Waals surface area contributed by atoms with E-state index in [1.807, 2.05) is 36.1 Å². The topological polar surface area (TPSA) is 152 Å². The Balaban J connectivity index is 1.50. The van der Waals surface area contributed by atoms with Crippen LogP contribution in [0.3, 0.4) is 0 Å². The zero-order valence-electron chi connectivity index (χ0n) is 21.2. The molecular formula is C25H28ClN7O6. The number of carbonyl (C=O) groups excluding carboxylic acids is 2. The molecule has 0 bridgehead atoms. The molecule has 206 valence electrons. The summed E-state index contributed by atoms with van der Waals surface area (Å²) in [6.45, 7) is 2.27. The van der Waals surface area contributed by atoms with Gasteiger partial charge in [0, 0.05) is 44.6 Å². The molecule has 2 N–H and O–H groups in total. The Kier molecular flexibility index (Phi) is 9.28. The molecule has 14 heteroatoms. The minimum absolute atomic E-state index is 0.122. The lowest BCUT2D eigenvalue weighted by Gasteiger charge is -2.41. The predicted molar refractivity (Wildman–Crippen MR) is 140 cm³/mol. The van der Waals surface area contributed by atoms with Crippen LogP contribution in [0, 0.1) is 0 Å². The van der Waals surface area contributed by atoms with Gasteiger partial charge in [-0.1, -0.05) is 23.7 Å². The molecule has 3 aromatic rings. The molecule has 1 atom stereocenters. The van der Waals surface area contributed by atoms with Crippen LogP contribution in [-0.4, -0.2) is 92.8 Å². The maximum absolute atomic E-state index is 13.4. The number of halogens is 1. The number of hydrogen-bond acceptors (Lipinski definition) is 9. The van der Waals surface area contributed by atoms with Crippen molar-refractivity contribution in [2.75, 3.05) is 44.4 Å². The first-order valence-corrected chi connectivity index (χ1v) is 12.6. The van der Waals surface area contributed by atoms with Crippen LogP contribution in [0.4, 0.5) is 5.82 Å². The maximum Gasteiger partial charge on any atom is 0.329 e. The zero-order valence-corrected chi connectivity index (χ0v) is 22.0. The van der Waals surface area contributed by atoms with Gasteiger partial charge >= 0.3 is 5.97 Å². The number of ether oxygens (including phenoxy) is 2. The van der Waals surface area contributed by atoms with Gasteiger partial charge < -0.3 is 29.7 Å². The van der Waals surface area contributed by atoms with Crippen molar-refractivity contribution in [3.8, 4) is 11.7 Å². The highest BCUT2D eigenvalue weighted by atomic mass is 35.5. The molecule has 1 unspecified atom stereocenters. The number of amides is 2. The average molecular weight is 558 g/mol. The highest BCUT2D eigenvalue weighted by molar-refractivity contribution is 6.29. The van der Waals surface area contributed by atoms with Crippen molar-refractivity contribution in [3.63, 3.8) is 0 Å². The molecule has 2 amide bonds. The van der Waals surface area contributed by atoms with Crippen LogP contribution in [0.25, 0.3) is 5.95 Å². The molecular weight excluding hydrogens is 530 g/mol. The predicted octanol–water partition coefficient (Wildman–Crippen LogP) is 1.15. The van der Waals surface area contributed by atoms with Gasteiger partial charge in [0.15, 0.2) is 0 Å². The van der Waals surface area contributed by atoms with Crippen LogP contribution in [0.1, 0.15) is 12.5 Å². The smallest absolute Gasteiger partial charge is 0.329 e. The largest absolute Gasteiger partial charge is 0.494 e. The fraction of sp³-hybridized carbons (Fsp3) is 0.360. The number of carbonyl (C=O) groups is 3. The van der Waals surface area contributed by atoms with Crippen LogP contribution in [0.15, 0.2) is 49.1 Å². The lowest BCUT2D eigenvalue weighted by atomic mass is 10.1. The van der Waals surface area contributed by atoms with Crippen LogP contribution >= 0.6 is 11.6 Å². The van der Waals surface area contributed by atoms with E-state index in [1.54, 1.807) is 29.4 Å². The van der Waals surface area contributed by atoms with Crippen LogP contribution in [-0.2, 0) is 25.7 Å². The number of carboxylic acid groups (broad SMARTS) is 1. The van der Waals surface area contributed by atoms with Crippen LogP contribution in [0.5, 0.6) is 5.75 Å². The van der Waals surface area contributed by atoms with Crippen molar-refractivity contribution >= 4 is 35.2 Å². The molecule has 2 aromatic heterocycles. The van der Waals surface area contributed by atoms with Crippen molar-refractivity contribution in [3.05, 3.63) is 59.8 Å². The first kappa shape index (κ1) is 27.8. The number of rotatable bonds is 11. The molecule has 1 aliphatic heterocycles. The molecule has 3 heterocycles. The Morgan fingerprint density at radius 2 is 1.95 bits per heavy atom. The average Bonchev–Trinajstić information content (AvgIpc) is 3.47. The number of hydrogen-bond donors (Lipinski definition) is 2. The molecule has 0 saturated carbocycles. The van der Waals surface area contributed by atoms with Crippen molar-refractivity contribution in [1.82, 2.24) is 29.7 Å². The summed E-state index contributed by atoms with van der Waals surface area (Å²) in [5.41, 5.74) is 0.856. The lowest BCUT2D eigenvalue weighted by molar-refractivity contribution is -0.149. The number of piperazine rings is 1. The Morgan fingerprint density at radius 1 is 1.15 bits per heavy atom. The molecule has 1 aliphatic rings. The number of imidazole rings is 1. The van der Waals surface area contributed by atoms with Crippen LogP contribution in [0.2, 0.25) is 5.15 Å². The third-order valence-electron chi connectivity index (χ3n) is 5.88. The fourth-order valence-corrected chi connectivity index (χ4v) is 4.22. The van der Waals surface area contributed by atoms with E-state index in [0.717, 1.165) is 11.3 Å². The summed E-state index contributed by atoms with van der Waals surface area (Å²) < 4.78 is 12.0. The molecule has 1 saturated heterocycles. The minimum atomic E-state index is -1.19. The maximum atomic E-state index is 13.4. The first-order chi connectivity index (χ1) is 18.8. The van der Waals surface area contributed by atoms with E-state index < -0.39 is 31.1 Å². The van der Waals surface area contributed by atoms with Gasteiger partial charge in [0.05, 0.1) is 6.61 Å². The second-order valence-electron chi connectivity index (χ2n) is 8.55. The quantitative estimate of drug-likeness (QED) is 0.328. The van der Waals surface area contributed by atoms with Gasteiger partial charge in [-0.15, -0.1) is 0 Å². The number of nitrogens with zero attached hydrogens (tertiary/aromatic N) is 6. The van der Waals surface area contributed by atoms with E-state index in [4.69, 9.17) is 26.2 Å². The van der Waals surface area contributed by atoms with Crippen molar-refractivity contribution < 1.29 is 29.0 Å². The Bertz CT molecular complexity index is 1290. The second-order valence-corrected chi connectivity index (χ2v) is 8.94. The summed E-state index contributed by atoms with van der Waals surface area (Å²) in [4.78, 5) is 53.1. The standard InChI is InChI=1S/C25H28ClN7O6/c1-2-39-18-5-3-17(4-6-18)12-28-24(37)19-13-31(9-10-33(19)22(34)14-38-15-23(35)36)21-11-20(26)29-25(30-21)32-8-7-27-16-32/h3-8,11,16,19H,2,9-10,12-15H2,1H3,(H,28,37)(H,35,36). The Labute approximate surface area is 229 Å². The molecule has 4 rings (SSSR count). The van der Waals surface area contributed by atoms with E-state index >= 15 is 0 Å². The van der Waals surface area contributed by atoms with E-state index in [2.05, 4.69) is 20.3 Å².